The highest BCUT2D eigenvalue weighted by Gasteiger charge is 2.42. The Bertz CT molecular complexity index is 1090. The standard InChI is InChI=1S/C25H25F7N2O3/c1-13(2)37-23(36)34-9-5-7-19(21-18(26)6-4-8-20(21)34)33-22(14(3)35)15-10-16(24(27,28)29)12-17(11-15)25(30,31)32/h4-8,10-13,19-22,33H,9H2,1-3H3. The van der Waals surface area contributed by atoms with E-state index in [0.717, 1.165) is 13.0 Å². The van der Waals surface area contributed by atoms with Crippen molar-refractivity contribution in [3.8, 4) is 0 Å². The van der Waals surface area contributed by atoms with Gasteiger partial charge in [-0.05, 0) is 50.6 Å². The third-order valence-corrected chi connectivity index (χ3v) is 5.92. The Kier molecular flexibility index (Phi) is 8.21. The third-order valence-electron chi connectivity index (χ3n) is 5.92. The SMILES string of the molecule is CC(=O)C(NC1C=CCN(C(=O)OC(C)C)C2C=CC=C(F)C12)c1cc(C(F)(F)F)cc(C(F)(F)F)c1. The van der Waals surface area contributed by atoms with E-state index in [9.17, 15) is 35.9 Å². The first-order chi connectivity index (χ1) is 17.1. The number of ether oxygens (including phenoxy) is 1. The monoisotopic (exact) mass is 534 g/mol. The van der Waals surface area contributed by atoms with Crippen LogP contribution in [0.4, 0.5) is 35.5 Å². The molecule has 0 radical (unpaired) electrons. The summed E-state index contributed by atoms with van der Waals surface area (Å²) in [6, 6.07) is -2.71. The minimum atomic E-state index is -5.11. The number of hydrogen-bond donors (Lipinski definition) is 1. The Hall–Kier alpha value is -3.15. The fourth-order valence-corrected chi connectivity index (χ4v) is 4.31. The van der Waals surface area contributed by atoms with Gasteiger partial charge in [0.2, 0.25) is 0 Å². The Morgan fingerprint density at radius 3 is 2.14 bits per heavy atom. The number of rotatable bonds is 5. The molecular weight excluding hydrogens is 509 g/mol. The molecular formula is C25H25F7N2O3. The second-order valence-electron chi connectivity index (χ2n) is 9.04. The van der Waals surface area contributed by atoms with Crippen molar-refractivity contribution in [2.45, 2.75) is 57.4 Å². The molecule has 3 rings (SSSR count). The van der Waals surface area contributed by atoms with Crippen LogP contribution in [0.1, 0.15) is 43.5 Å². The lowest BCUT2D eigenvalue weighted by atomic mass is 9.85. The lowest BCUT2D eigenvalue weighted by molar-refractivity contribution is -0.143. The fraction of sp³-hybridized carbons (Fsp3) is 0.440. The highest BCUT2D eigenvalue weighted by atomic mass is 19.4. The van der Waals surface area contributed by atoms with Crippen molar-refractivity contribution >= 4 is 11.9 Å². The first-order valence-electron chi connectivity index (χ1n) is 11.3. The molecule has 2 aliphatic rings. The van der Waals surface area contributed by atoms with E-state index >= 15 is 4.39 Å². The molecule has 0 bridgehead atoms. The Labute approximate surface area is 208 Å². The minimum absolute atomic E-state index is 0.00492. The molecule has 1 aromatic rings. The molecule has 0 aromatic heterocycles. The molecule has 202 valence electrons. The summed E-state index contributed by atoms with van der Waals surface area (Å²) < 4.78 is 101. The maximum Gasteiger partial charge on any atom is 0.416 e. The summed E-state index contributed by atoms with van der Waals surface area (Å²) in [6.45, 7) is 4.26. The van der Waals surface area contributed by atoms with Gasteiger partial charge >= 0.3 is 18.4 Å². The normalized spacial score (nSPS) is 22.8. The largest absolute Gasteiger partial charge is 0.447 e. The van der Waals surface area contributed by atoms with Gasteiger partial charge in [-0.25, -0.2) is 9.18 Å². The summed E-state index contributed by atoms with van der Waals surface area (Å²) in [7, 11) is 0. The van der Waals surface area contributed by atoms with Gasteiger partial charge in [0.25, 0.3) is 0 Å². The number of amides is 1. The number of hydrogen-bond acceptors (Lipinski definition) is 4. The average Bonchev–Trinajstić information content (AvgIpc) is 2.95. The number of carbonyl (C=O) groups is 2. The van der Waals surface area contributed by atoms with Crippen LogP contribution in [0.25, 0.3) is 0 Å². The zero-order valence-electron chi connectivity index (χ0n) is 20.0. The second kappa shape index (κ2) is 10.7. The van der Waals surface area contributed by atoms with E-state index in [4.69, 9.17) is 4.74 Å². The molecule has 1 aliphatic heterocycles. The maximum absolute atomic E-state index is 15.1. The van der Waals surface area contributed by atoms with E-state index < -0.39 is 76.9 Å². The molecule has 0 saturated heterocycles. The molecule has 4 unspecified atom stereocenters. The lowest BCUT2D eigenvalue weighted by Crippen LogP contribution is -2.51. The first kappa shape index (κ1) is 28.4. The number of nitrogens with zero attached hydrogens (tertiary/aromatic N) is 1. The Morgan fingerprint density at radius 2 is 1.62 bits per heavy atom. The molecule has 4 atom stereocenters. The highest BCUT2D eigenvalue weighted by molar-refractivity contribution is 5.83. The van der Waals surface area contributed by atoms with Gasteiger partial charge in [-0.3, -0.25) is 15.0 Å². The van der Waals surface area contributed by atoms with Gasteiger partial charge in [-0.1, -0.05) is 24.3 Å². The first-order valence-corrected chi connectivity index (χ1v) is 11.3. The number of carbonyl (C=O) groups excluding carboxylic acids is 2. The average molecular weight is 534 g/mol. The van der Waals surface area contributed by atoms with Crippen molar-refractivity contribution in [3.05, 3.63) is 71.1 Å². The summed E-state index contributed by atoms with van der Waals surface area (Å²) in [6.07, 6.45) is -4.43. The van der Waals surface area contributed by atoms with Crippen LogP contribution in [-0.4, -0.2) is 41.5 Å². The van der Waals surface area contributed by atoms with Crippen LogP contribution in [0.15, 0.2) is 54.4 Å². The van der Waals surface area contributed by atoms with Crippen LogP contribution >= 0.6 is 0 Å². The van der Waals surface area contributed by atoms with Crippen LogP contribution in [0.5, 0.6) is 0 Å². The lowest BCUT2D eigenvalue weighted by Gasteiger charge is -2.37. The van der Waals surface area contributed by atoms with Crippen LogP contribution in [0.3, 0.4) is 0 Å². The number of nitrogens with one attached hydrogen (secondary N) is 1. The zero-order chi connectivity index (χ0) is 27.7. The number of alkyl halides is 6. The smallest absolute Gasteiger partial charge is 0.416 e. The molecule has 12 heteroatoms. The molecule has 0 spiro atoms. The summed E-state index contributed by atoms with van der Waals surface area (Å²) in [5.41, 5.74) is -3.72. The molecule has 0 fully saturated rings. The number of Topliss-reactive ketones (excluding diaryl/α,β-unsaturated/α-hetero) is 1. The van der Waals surface area contributed by atoms with Crippen molar-refractivity contribution in [3.63, 3.8) is 0 Å². The molecule has 37 heavy (non-hydrogen) atoms. The number of fused-ring (bicyclic) bond motifs is 1. The van der Waals surface area contributed by atoms with Gasteiger partial charge in [-0.2, -0.15) is 26.3 Å². The van der Waals surface area contributed by atoms with E-state index in [1.165, 1.54) is 29.2 Å². The Morgan fingerprint density at radius 1 is 1.03 bits per heavy atom. The summed E-state index contributed by atoms with van der Waals surface area (Å²) >= 11 is 0. The van der Waals surface area contributed by atoms with Crippen LogP contribution in [-0.2, 0) is 21.9 Å². The van der Waals surface area contributed by atoms with E-state index in [1.54, 1.807) is 13.8 Å². The molecule has 1 N–H and O–H groups in total. The minimum Gasteiger partial charge on any atom is -0.447 e. The summed E-state index contributed by atoms with van der Waals surface area (Å²) in [4.78, 5) is 26.4. The van der Waals surface area contributed by atoms with Crippen LogP contribution in [0.2, 0.25) is 0 Å². The van der Waals surface area contributed by atoms with Crippen molar-refractivity contribution < 1.29 is 45.1 Å². The van der Waals surface area contributed by atoms with Gasteiger partial charge < -0.3 is 4.74 Å². The van der Waals surface area contributed by atoms with Crippen molar-refractivity contribution in [2.24, 2.45) is 5.92 Å². The topological polar surface area (TPSA) is 58.6 Å². The van der Waals surface area contributed by atoms with Crippen molar-refractivity contribution in [1.82, 2.24) is 10.2 Å². The van der Waals surface area contributed by atoms with Crippen LogP contribution < -0.4 is 5.32 Å². The molecule has 5 nitrogen and oxygen atoms in total. The maximum atomic E-state index is 15.1. The molecule has 1 aromatic carbocycles. The predicted octanol–water partition coefficient (Wildman–Crippen LogP) is 6.14. The predicted molar refractivity (Wildman–Crippen MR) is 120 cm³/mol. The summed E-state index contributed by atoms with van der Waals surface area (Å²) in [5.74, 6) is -2.60. The van der Waals surface area contributed by atoms with Gasteiger partial charge in [0.05, 0.1) is 35.2 Å². The molecule has 1 amide bonds. The van der Waals surface area contributed by atoms with Gasteiger partial charge in [0.15, 0.2) is 5.78 Å². The fourth-order valence-electron chi connectivity index (χ4n) is 4.31. The van der Waals surface area contributed by atoms with E-state index in [-0.39, 0.29) is 12.6 Å². The number of ketones is 1. The van der Waals surface area contributed by atoms with E-state index in [1.807, 2.05) is 0 Å². The van der Waals surface area contributed by atoms with E-state index in [2.05, 4.69) is 5.32 Å². The number of halogens is 7. The molecule has 0 saturated carbocycles. The van der Waals surface area contributed by atoms with Crippen molar-refractivity contribution in [1.29, 1.82) is 0 Å². The molecule has 1 aliphatic carbocycles. The van der Waals surface area contributed by atoms with Gasteiger partial charge in [-0.15, -0.1) is 0 Å². The highest BCUT2D eigenvalue weighted by Crippen LogP contribution is 2.39. The van der Waals surface area contributed by atoms with Crippen molar-refractivity contribution in [2.75, 3.05) is 6.54 Å². The third kappa shape index (κ3) is 6.60. The number of allylic oxidation sites excluding steroid dienone is 2. The molecule has 1 heterocycles. The quantitative estimate of drug-likeness (QED) is 0.365. The van der Waals surface area contributed by atoms with Crippen LogP contribution in [0, 0.1) is 5.92 Å². The second-order valence-corrected chi connectivity index (χ2v) is 9.04. The summed E-state index contributed by atoms with van der Waals surface area (Å²) in [5, 5.41) is 2.73. The van der Waals surface area contributed by atoms with Gasteiger partial charge in [0.1, 0.15) is 5.83 Å². The zero-order valence-corrected chi connectivity index (χ0v) is 20.0. The van der Waals surface area contributed by atoms with E-state index in [0.29, 0.717) is 12.1 Å². The Balaban J connectivity index is 2.03. The number of benzene rings is 1. The van der Waals surface area contributed by atoms with Gasteiger partial charge in [0, 0.05) is 12.6 Å².